The number of carbonyl (C=O) groups excluding carboxylic acids is 1. The van der Waals surface area contributed by atoms with Crippen LogP contribution in [0.2, 0.25) is 0 Å². The number of nitrogens with one attached hydrogen (secondary N) is 1. The maximum Gasteiger partial charge on any atom is 0.262 e. The molecule has 2 aromatic carbocycles. The van der Waals surface area contributed by atoms with Gasteiger partial charge in [0.05, 0.1) is 7.11 Å². The van der Waals surface area contributed by atoms with Crippen molar-refractivity contribution in [3.8, 4) is 11.5 Å². The van der Waals surface area contributed by atoms with Gasteiger partial charge in [-0.3, -0.25) is 4.79 Å². The standard InChI is InChI=1S/C19H23NO3/c1-4-14(2)15-8-10-17(11-9-15)23-13-19(21)20-16-6-5-7-18(12-16)22-3/h5-12,14H,4,13H2,1-3H3,(H,20,21). The first-order valence-corrected chi connectivity index (χ1v) is 7.79. The lowest BCUT2D eigenvalue weighted by molar-refractivity contribution is -0.118. The predicted octanol–water partition coefficient (Wildman–Crippen LogP) is 4.23. The molecule has 0 saturated carbocycles. The topological polar surface area (TPSA) is 47.6 Å². The summed E-state index contributed by atoms with van der Waals surface area (Å²) in [7, 11) is 1.59. The Kier molecular flexibility index (Phi) is 6.03. The van der Waals surface area contributed by atoms with Crippen LogP contribution in [0.4, 0.5) is 5.69 Å². The van der Waals surface area contributed by atoms with Gasteiger partial charge in [-0.15, -0.1) is 0 Å². The van der Waals surface area contributed by atoms with Gasteiger partial charge in [0.25, 0.3) is 5.91 Å². The van der Waals surface area contributed by atoms with Gasteiger partial charge in [-0.1, -0.05) is 32.0 Å². The zero-order chi connectivity index (χ0) is 16.7. The summed E-state index contributed by atoms with van der Waals surface area (Å²) in [4.78, 5) is 11.9. The first kappa shape index (κ1) is 16.9. The number of hydrogen-bond donors (Lipinski definition) is 1. The largest absolute Gasteiger partial charge is 0.497 e. The summed E-state index contributed by atoms with van der Waals surface area (Å²) in [6.07, 6.45) is 1.10. The molecule has 0 spiro atoms. The second kappa shape index (κ2) is 8.22. The highest BCUT2D eigenvalue weighted by Gasteiger charge is 2.06. The highest BCUT2D eigenvalue weighted by molar-refractivity contribution is 5.92. The van der Waals surface area contributed by atoms with Crippen molar-refractivity contribution in [2.45, 2.75) is 26.2 Å². The van der Waals surface area contributed by atoms with Crippen LogP contribution in [-0.4, -0.2) is 19.6 Å². The molecular weight excluding hydrogens is 290 g/mol. The number of hydrogen-bond acceptors (Lipinski definition) is 3. The van der Waals surface area contributed by atoms with Crippen molar-refractivity contribution in [1.29, 1.82) is 0 Å². The quantitative estimate of drug-likeness (QED) is 0.832. The predicted molar refractivity (Wildman–Crippen MR) is 92.3 cm³/mol. The molecular formula is C19H23NO3. The molecule has 4 nitrogen and oxygen atoms in total. The Morgan fingerprint density at radius 3 is 2.52 bits per heavy atom. The summed E-state index contributed by atoms with van der Waals surface area (Å²) >= 11 is 0. The number of anilines is 1. The molecule has 0 aliphatic carbocycles. The Hall–Kier alpha value is -2.49. The first-order valence-electron chi connectivity index (χ1n) is 7.79. The Balaban J connectivity index is 1.86. The number of carbonyl (C=O) groups is 1. The van der Waals surface area contributed by atoms with E-state index in [9.17, 15) is 4.79 Å². The molecule has 0 aliphatic rings. The van der Waals surface area contributed by atoms with Gasteiger partial charge in [-0.2, -0.15) is 0 Å². The van der Waals surface area contributed by atoms with Crippen LogP contribution in [0, 0.1) is 0 Å². The van der Waals surface area contributed by atoms with E-state index in [1.165, 1.54) is 5.56 Å². The monoisotopic (exact) mass is 313 g/mol. The summed E-state index contributed by atoms with van der Waals surface area (Å²) in [5.74, 6) is 1.71. The smallest absolute Gasteiger partial charge is 0.262 e. The molecule has 1 unspecified atom stereocenters. The minimum Gasteiger partial charge on any atom is -0.497 e. The summed E-state index contributed by atoms with van der Waals surface area (Å²) < 4.78 is 10.6. The van der Waals surface area contributed by atoms with Crippen molar-refractivity contribution < 1.29 is 14.3 Å². The number of amides is 1. The van der Waals surface area contributed by atoms with Crippen LogP contribution < -0.4 is 14.8 Å². The van der Waals surface area contributed by atoms with E-state index < -0.39 is 0 Å². The third-order valence-corrected chi connectivity index (χ3v) is 3.78. The van der Waals surface area contributed by atoms with Crippen molar-refractivity contribution in [2.24, 2.45) is 0 Å². The highest BCUT2D eigenvalue weighted by Crippen LogP contribution is 2.21. The van der Waals surface area contributed by atoms with E-state index in [4.69, 9.17) is 9.47 Å². The third-order valence-electron chi connectivity index (χ3n) is 3.78. The second-order valence-corrected chi connectivity index (χ2v) is 5.45. The average molecular weight is 313 g/mol. The molecule has 0 aliphatic heterocycles. The summed E-state index contributed by atoms with van der Waals surface area (Å²) in [5.41, 5.74) is 1.96. The van der Waals surface area contributed by atoms with Crippen molar-refractivity contribution in [1.82, 2.24) is 0 Å². The Labute approximate surface area is 137 Å². The lowest BCUT2D eigenvalue weighted by Crippen LogP contribution is -2.20. The zero-order valence-electron chi connectivity index (χ0n) is 13.8. The summed E-state index contributed by atoms with van der Waals surface area (Å²) in [6, 6.07) is 15.1. The van der Waals surface area contributed by atoms with Gasteiger partial charge >= 0.3 is 0 Å². The molecule has 2 aromatic rings. The van der Waals surface area contributed by atoms with E-state index >= 15 is 0 Å². The fraction of sp³-hybridized carbons (Fsp3) is 0.316. The molecule has 23 heavy (non-hydrogen) atoms. The number of benzene rings is 2. The number of methoxy groups -OCH3 is 1. The molecule has 0 heterocycles. The van der Waals surface area contributed by atoms with Gasteiger partial charge in [-0.25, -0.2) is 0 Å². The van der Waals surface area contributed by atoms with Crippen LogP contribution in [0.15, 0.2) is 48.5 Å². The van der Waals surface area contributed by atoms with Crippen molar-refractivity contribution in [2.75, 3.05) is 19.0 Å². The molecule has 1 amide bonds. The Morgan fingerprint density at radius 1 is 1.13 bits per heavy atom. The highest BCUT2D eigenvalue weighted by atomic mass is 16.5. The Morgan fingerprint density at radius 2 is 1.87 bits per heavy atom. The molecule has 1 N–H and O–H groups in total. The van der Waals surface area contributed by atoms with Gasteiger partial charge < -0.3 is 14.8 Å². The van der Waals surface area contributed by atoms with Crippen molar-refractivity contribution in [3.05, 3.63) is 54.1 Å². The maximum absolute atomic E-state index is 11.9. The average Bonchev–Trinajstić information content (AvgIpc) is 2.60. The lowest BCUT2D eigenvalue weighted by Gasteiger charge is -2.11. The lowest BCUT2D eigenvalue weighted by atomic mass is 9.99. The molecule has 122 valence electrons. The van der Waals surface area contributed by atoms with E-state index in [0.717, 1.165) is 6.42 Å². The normalized spacial score (nSPS) is 11.6. The molecule has 0 bridgehead atoms. The minimum atomic E-state index is -0.204. The maximum atomic E-state index is 11.9. The van der Waals surface area contributed by atoms with Gasteiger partial charge in [0, 0.05) is 11.8 Å². The van der Waals surface area contributed by atoms with E-state index in [-0.39, 0.29) is 12.5 Å². The number of rotatable bonds is 7. The molecule has 0 aromatic heterocycles. The van der Waals surface area contributed by atoms with Crippen LogP contribution in [0.1, 0.15) is 31.7 Å². The van der Waals surface area contributed by atoms with Gasteiger partial charge in [0.15, 0.2) is 6.61 Å². The Bertz CT molecular complexity index is 637. The number of ether oxygens (including phenoxy) is 2. The SMILES string of the molecule is CCC(C)c1ccc(OCC(=O)Nc2cccc(OC)c2)cc1. The van der Waals surface area contributed by atoms with Crippen molar-refractivity contribution in [3.63, 3.8) is 0 Å². The van der Waals surface area contributed by atoms with E-state index in [2.05, 4.69) is 19.2 Å². The van der Waals surface area contributed by atoms with Crippen LogP contribution in [-0.2, 0) is 4.79 Å². The molecule has 4 heteroatoms. The van der Waals surface area contributed by atoms with Crippen LogP contribution in [0.3, 0.4) is 0 Å². The minimum absolute atomic E-state index is 0.0279. The van der Waals surface area contributed by atoms with E-state index in [0.29, 0.717) is 23.1 Å². The summed E-state index contributed by atoms with van der Waals surface area (Å²) in [5, 5.41) is 2.78. The van der Waals surface area contributed by atoms with E-state index in [1.54, 1.807) is 19.2 Å². The van der Waals surface area contributed by atoms with Gasteiger partial charge in [-0.05, 0) is 42.2 Å². The van der Waals surface area contributed by atoms with Gasteiger partial charge in [0.1, 0.15) is 11.5 Å². The molecule has 1 atom stereocenters. The van der Waals surface area contributed by atoms with Crippen LogP contribution in [0.25, 0.3) is 0 Å². The van der Waals surface area contributed by atoms with Gasteiger partial charge in [0.2, 0.25) is 0 Å². The third kappa shape index (κ3) is 5.02. The van der Waals surface area contributed by atoms with Crippen LogP contribution in [0.5, 0.6) is 11.5 Å². The summed E-state index contributed by atoms with van der Waals surface area (Å²) in [6.45, 7) is 4.33. The first-order chi connectivity index (χ1) is 11.1. The molecule has 2 rings (SSSR count). The van der Waals surface area contributed by atoms with Crippen molar-refractivity contribution >= 4 is 11.6 Å². The molecule has 0 fully saturated rings. The second-order valence-electron chi connectivity index (χ2n) is 5.45. The van der Waals surface area contributed by atoms with E-state index in [1.807, 2.05) is 36.4 Å². The zero-order valence-corrected chi connectivity index (χ0v) is 13.8. The fourth-order valence-corrected chi connectivity index (χ4v) is 2.18. The van der Waals surface area contributed by atoms with Crippen LogP contribution >= 0.6 is 0 Å². The fourth-order valence-electron chi connectivity index (χ4n) is 2.18. The molecule has 0 radical (unpaired) electrons. The molecule has 0 saturated heterocycles.